The summed E-state index contributed by atoms with van der Waals surface area (Å²) in [6.45, 7) is 8.12. The topological polar surface area (TPSA) is 94.3 Å². The molecule has 4 rings (SSSR count). The van der Waals surface area contributed by atoms with Gasteiger partial charge in [0.15, 0.2) is 11.5 Å². The van der Waals surface area contributed by atoms with E-state index in [1.807, 2.05) is 57.2 Å². The predicted molar refractivity (Wildman–Crippen MR) is 134 cm³/mol. The first-order valence-electron chi connectivity index (χ1n) is 11.3. The van der Waals surface area contributed by atoms with Gasteiger partial charge in [0.2, 0.25) is 0 Å². The van der Waals surface area contributed by atoms with E-state index >= 15 is 0 Å². The van der Waals surface area contributed by atoms with E-state index in [-0.39, 0.29) is 0 Å². The van der Waals surface area contributed by atoms with Gasteiger partial charge in [-0.2, -0.15) is 5.26 Å². The lowest BCUT2D eigenvalue weighted by Crippen LogP contribution is -1.93. The molecule has 0 aliphatic rings. The Morgan fingerprint density at radius 2 is 1.65 bits per heavy atom. The average molecular weight is 482 g/mol. The van der Waals surface area contributed by atoms with E-state index in [9.17, 15) is 0 Å². The zero-order valence-corrected chi connectivity index (χ0v) is 21.4. The molecule has 0 unspecified atom stereocenters. The third-order valence-electron chi connectivity index (χ3n) is 4.61. The van der Waals surface area contributed by atoms with Crippen molar-refractivity contribution < 1.29 is 18.5 Å². The van der Waals surface area contributed by atoms with Gasteiger partial charge in [0.05, 0.1) is 19.1 Å². The number of ether oxygens (including phenoxy) is 2. The van der Waals surface area contributed by atoms with Crippen LogP contribution in [0.5, 0.6) is 11.5 Å². The molecule has 3 heterocycles. The second-order valence-electron chi connectivity index (χ2n) is 6.78. The monoisotopic (exact) mass is 481 g/mol. The van der Waals surface area contributed by atoms with Crippen LogP contribution >= 0.6 is 11.3 Å². The molecule has 0 aliphatic heterocycles. The fourth-order valence-corrected chi connectivity index (χ4v) is 3.78. The lowest BCUT2D eigenvalue weighted by molar-refractivity contribution is 0.355. The van der Waals surface area contributed by atoms with Crippen molar-refractivity contribution in [2.24, 2.45) is 0 Å². The van der Waals surface area contributed by atoms with Crippen molar-refractivity contribution in [2.45, 2.75) is 47.0 Å². The maximum atomic E-state index is 8.70. The van der Waals surface area contributed by atoms with Crippen LogP contribution in [0.15, 0.2) is 51.5 Å². The van der Waals surface area contributed by atoms with Crippen molar-refractivity contribution in [2.75, 3.05) is 14.2 Å². The summed E-state index contributed by atoms with van der Waals surface area (Å²) < 4.78 is 21.0. The predicted octanol–water partition coefficient (Wildman–Crippen LogP) is 7.17. The second-order valence-corrected chi connectivity index (χ2v) is 7.86. The molecule has 0 spiro atoms. The Kier molecular flexibility index (Phi) is 10.9. The number of hydrogen-bond donors (Lipinski definition) is 0. The number of nitrogens with zero attached hydrogens (tertiary/aromatic N) is 3. The molecule has 0 saturated carbocycles. The van der Waals surface area contributed by atoms with Crippen LogP contribution in [0.3, 0.4) is 0 Å². The van der Waals surface area contributed by atoms with Gasteiger partial charge in [0.1, 0.15) is 33.9 Å². The molecule has 0 aliphatic carbocycles. The Morgan fingerprint density at radius 3 is 2.24 bits per heavy atom. The van der Waals surface area contributed by atoms with Crippen molar-refractivity contribution in [3.05, 3.63) is 58.9 Å². The highest BCUT2D eigenvalue weighted by molar-refractivity contribution is 7.15. The van der Waals surface area contributed by atoms with Gasteiger partial charge in [0.25, 0.3) is 0 Å². The summed E-state index contributed by atoms with van der Waals surface area (Å²) in [4.78, 5) is 1.68. The number of rotatable bonds is 7. The molecule has 7 nitrogen and oxygen atoms in total. The SMILES string of the molecule is CC.CCCc1cc(-c2ccc(C#N)s2)no1.CCc1cc(-c2cccc(OC)c2OC)no1. The molecule has 34 heavy (non-hydrogen) atoms. The van der Waals surface area contributed by atoms with Gasteiger partial charge in [-0.25, -0.2) is 0 Å². The van der Waals surface area contributed by atoms with Gasteiger partial charge in [-0.1, -0.05) is 44.1 Å². The van der Waals surface area contributed by atoms with Crippen LogP contribution in [0, 0.1) is 11.3 Å². The highest BCUT2D eigenvalue weighted by Gasteiger charge is 2.14. The summed E-state index contributed by atoms with van der Waals surface area (Å²) in [5.74, 6) is 3.11. The van der Waals surface area contributed by atoms with Crippen molar-refractivity contribution >= 4 is 11.3 Å². The molecule has 0 saturated heterocycles. The molecule has 8 heteroatoms. The number of aromatic nitrogens is 2. The van der Waals surface area contributed by atoms with E-state index < -0.39 is 0 Å². The third-order valence-corrected chi connectivity index (χ3v) is 5.62. The third kappa shape index (κ3) is 6.72. The van der Waals surface area contributed by atoms with Gasteiger partial charge in [-0.15, -0.1) is 11.3 Å². The van der Waals surface area contributed by atoms with Gasteiger partial charge in [-0.3, -0.25) is 0 Å². The summed E-state index contributed by atoms with van der Waals surface area (Å²) in [6.07, 6.45) is 2.77. The summed E-state index contributed by atoms with van der Waals surface area (Å²) >= 11 is 1.43. The Morgan fingerprint density at radius 1 is 0.941 bits per heavy atom. The molecule has 3 aromatic heterocycles. The lowest BCUT2D eigenvalue weighted by Gasteiger charge is -2.10. The molecule has 0 fully saturated rings. The van der Waals surface area contributed by atoms with Crippen LogP contribution in [-0.2, 0) is 12.8 Å². The number of nitriles is 1. The Bertz CT molecular complexity index is 1190. The quantitative estimate of drug-likeness (QED) is 0.276. The van der Waals surface area contributed by atoms with Crippen LogP contribution < -0.4 is 9.47 Å². The van der Waals surface area contributed by atoms with Gasteiger partial charge in [0, 0.05) is 30.5 Å². The van der Waals surface area contributed by atoms with E-state index in [1.54, 1.807) is 20.3 Å². The minimum atomic E-state index is 0.672. The van der Waals surface area contributed by atoms with Crippen molar-refractivity contribution in [1.29, 1.82) is 5.26 Å². The molecule has 180 valence electrons. The minimum Gasteiger partial charge on any atom is -0.493 e. The number of hydrogen-bond acceptors (Lipinski definition) is 8. The summed E-state index contributed by atoms with van der Waals surface area (Å²) in [5, 5.41) is 16.7. The number of thiophene rings is 1. The first kappa shape index (κ1) is 26.7. The van der Waals surface area contributed by atoms with Crippen LogP contribution in [0.25, 0.3) is 21.8 Å². The minimum absolute atomic E-state index is 0.672. The molecule has 4 aromatic rings. The maximum Gasteiger partial charge on any atom is 0.170 e. The van der Waals surface area contributed by atoms with E-state index in [1.165, 1.54) is 11.3 Å². The summed E-state index contributed by atoms with van der Waals surface area (Å²) in [7, 11) is 3.23. The van der Waals surface area contributed by atoms with Crippen molar-refractivity contribution in [3.8, 4) is 39.4 Å². The van der Waals surface area contributed by atoms with Gasteiger partial charge < -0.3 is 18.5 Å². The molecule has 0 amide bonds. The number of para-hydroxylation sites is 1. The largest absolute Gasteiger partial charge is 0.493 e. The number of aryl methyl sites for hydroxylation is 2. The van der Waals surface area contributed by atoms with Crippen molar-refractivity contribution in [1.82, 2.24) is 10.3 Å². The molecular formula is C26H31N3O4S. The van der Waals surface area contributed by atoms with Crippen LogP contribution in [0.2, 0.25) is 0 Å². The highest BCUT2D eigenvalue weighted by atomic mass is 32.1. The molecule has 0 N–H and O–H groups in total. The number of methoxy groups -OCH3 is 2. The van der Waals surface area contributed by atoms with E-state index in [2.05, 4.69) is 23.3 Å². The number of benzene rings is 1. The van der Waals surface area contributed by atoms with E-state index in [0.29, 0.717) is 16.4 Å². The van der Waals surface area contributed by atoms with E-state index in [0.717, 1.165) is 52.6 Å². The van der Waals surface area contributed by atoms with Crippen LogP contribution in [0.1, 0.15) is 50.5 Å². The smallest absolute Gasteiger partial charge is 0.170 e. The fraction of sp³-hybridized carbons (Fsp3) is 0.346. The Labute approximate surface area is 204 Å². The van der Waals surface area contributed by atoms with Crippen molar-refractivity contribution in [3.63, 3.8) is 0 Å². The second kappa shape index (κ2) is 13.9. The first-order chi connectivity index (χ1) is 16.6. The Balaban J connectivity index is 0.000000225. The zero-order valence-electron chi connectivity index (χ0n) is 20.5. The Hall–Kier alpha value is -3.57. The first-order valence-corrected chi connectivity index (χ1v) is 12.1. The van der Waals surface area contributed by atoms with Gasteiger partial charge >= 0.3 is 0 Å². The summed E-state index contributed by atoms with van der Waals surface area (Å²) in [6, 6.07) is 15.3. The van der Waals surface area contributed by atoms with Crippen LogP contribution in [-0.4, -0.2) is 24.5 Å². The molecule has 0 atom stereocenters. The zero-order chi connectivity index (χ0) is 24.9. The lowest BCUT2D eigenvalue weighted by atomic mass is 10.1. The fourth-order valence-electron chi connectivity index (χ4n) is 3.02. The standard InChI is InChI=1S/C13H15NO3.C11H10N2OS.C2H6/c1-4-9-8-11(14-17-9)10-6-5-7-12(15-2)13(10)16-3;1-2-3-8-6-10(13-14-8)11-5-4-9(7-12)15-11;1-2/h5-8H,4H2,1-3H3;4-6H,2-3H2,1H3;1-2H3. The highest BCUT2D eigenvalue weighted by Crippen LogP contribution is 2.37. The maximum absolute atomic E-state index is 8.70. The molecular weight excluding hydrogens is 450 g/mol. The molecule has 1 aromatic carbocycles. The van der Waals surface area contributed by atoms with E-state index in [4.69, 9.17) is 23.8 Å². The molecule has 0 bridgehead atoms. The normalized spacial score (nSPS) is 9.79. The molecule has 0 radical (unpaired) electrons. The van der Waals surface area contributed by atoms with Crippen LogP contribution in [0.4, 0.5) is 0 Å². The summed E-state index contributed by atoms with van der Waals surface area (Å²) in [5.41, 5.74) is 2.46. The average Bonchev–Trinajstić information content (AvgIpc) is 3.66. The van der Waals surface area contributed by atoms with Gasteiger partial charge in [-0.05, 0) is 30.7 Å².